The van der Waals surface area contributed by atoms with E-state index in [1.807, 2.05) is 6.92 Å². The quantitative estimate of drug-likeness (QED) is 0.189. The molecule has 1 aromatic heterocycles. The Bertz CT molecular complexity index is 1250. The van der Waals surface area contributed by atoms with Gasteiger partial charge in [-0.25, -0.2) is 15.3 Å². The molecule has 3 atom stereocenters. The number of rotatable bonds is 7. The lowest BCUT2D eigenvalue weighted by molar-refractivity contribution is -0.143. The number of pyridine rings is 1. The van der Waals surface area contributed by atoms with Gasteiger partial charge in [-0.2, -0.15) is 26.3 Å². The third-order valence-corrected chi connectivity index (χ3v) is 7.72. The van der Waals surface area contributed by atoms with Gasteiger partial charge in [0, 0.05) is 17.8 Å². The minimum Gasteiger partial charge on any atom is -0.439 e. The number of carbonyl (C=O) groups excluding carboxylic acids is 2. The SMILES string of the molecule is CC(Nc1ncc(C(=O)NO)cc1CN1C(=O)O[C@H](c2cc(C(F)(F)F)cc(C(F)(F)F)c2)[C@@H]1C)C1CCCCC1. The van der Waals surface area contributed by atoms with Gasteiger partial charge in [0.25, 0.3) is 5.91 Å². The van der Waals surface area contributed by atoms with Crippen LogP contribution < -0.4 is 10.8 Å². The van der Waals surface area contributed by atoms with E-state index in [4.69, 9.17) is 9.94 Å². The number of benzene rings is 1. The Morgan fingerprint density at radius 3 is 2.24 bits per heavy atom. The molecule has 1 saturated heterocycles. The minimum atomic E-state index is -5.06. The summed E-state index contributed by atoms with van der Waals surface area (Å²) in [5, 5.41) is 12.4. The van der Waals surface area contributed by atoms with Crippen molar-refractivity contribution in [1.82, 2.24) is 15.4 Å². The molecule has 1 unspecified atom stereocenters. The lowest BCUT2D eigenvalue weighted by Gasteiger charge is -2.30. The van der Waals surface area contributed by atoms with Crippen molar-refractivity contribution in [3.63, 3.8) is 0 Å². The maximum absolute atomic E-state index is 13.4. The number of hydrogen-bond acceptors (Lipinski definition) is 6. The van der Waals surface area contributed by atoms with E-state index in [0.29, 0.717) is 29.4 Å². The predicted octanol–water partition coefficient (Wildman–Crippen LogP) is 6.70. The molecule has 2 fully saturated rings. The minimum absolute atomic E-state index is 0.0114. The standard InChI is InChI=1S/C27H30F6N4O4/c1-14(16-6-4-3-5-7-16)35-23-19(8-18(12-34-23)24(38)36-40)13-37-15(2)22(41-25(37)39)17-9-20(26(28,29)30)11-21(10-17)27(31,32)33/h8-12,14-16,22,40H,3-7,13H2,1-2H3,(H,34,35)(H,36,38)/t14?,15-,22-/m0/s1. The van der Waals surface area contributed by atoms with Crippen molar-refractivity contribution in [3.8, 4) is 0 Å². The van der Waals surface area contributed by atoms with Crippen LogP contribution in [0, 0.1) is 5.92 Å². The zero-order valence-corrected chi connectivity index (χ0v) is 22.3. The van der Waals surface area contributed by atoms with E-state index in [1.54, 1.807) is 0 Å². The molecule has 1 aromatic carbocycles. The number of alkyl halides is 6. The first-order chi connectivity index (χ1) is 19.2. The topological polar surface area (TPSA) is 104 Å². The van der Waals surface area contributed by atoms with E-state index in [9.17, 15) is 35.9 Å². The summed E-state index contributed by atoms with van der Waals surface area (Å²) in [6, 6.07) is 1.50. The van der Waals surface area contributed by atoms with E-state index < -0.39 is 53.2 Å². The van der Waals surface area contributed by atoms with E-state index in [1.165, 1.54) is 24.7 Å². The molecule has 41 heavy (non-hydrogen) atoms. The second kappa shape index (κ2) is 11.7. The first-order valence-corrected chi connectivity index (χ1v) is 13.2. The molecule has 1 aliphatic heterocycles. The number of hydrogen-bond donors (Lipinski definition) is 3. The molecule has 2 amide bonds. The highest BCUT2D eigenvalue weighted by Gasteiger charge is 2.43. The van der Waals surface area contributed by atoms with Gasteiger partial charge in [0.15, 0.2) is 0 Å². The Balaban J connectivity index is 1.64. The molecule has 2 aliphatic rings. The molecular formula is C27H30F6N4O4. The molecule has 2 heterocycles. The molecule has 224 valence electrons. The maximum atomic E-state index is 13.4. The van der Waals surface area contributed by atoms with Gasteiger partial charge >= 0.3 is 18.4 Å². The normalized spacial score (nSPS) is 21.0. The lowest BCUT2D eigenvalue weighted by atomic mass is 9.84. The Hall–Kier alpha value is -3.55. The van der Waals surface area contributed by atoms with E-state index in [0.717, 1.165) is 37.0 Å². The summed E-state index contributed by atoms with van der Waals surface area (Å²) in [7, 11) is 0. The number of amides is 2. The summed E-state index contributed by atoms with van der Waals surface area (Å²) in [5.74, 6) is -0.147. The number of halogens is 6. The zero-order valence-electron chi connectivity index (χ0n) is 22.3. The molecule has 8 nitrogen and oxygen atoms in total. The van der Waals surface area contributed by atoms with Crippen LogP contribution in [0.1, 0.15) is 84.7 Å². The highest BCUT2D eigenvalue weighted by Crippen LogP contribution is 2.41. The van der Waals surface area contributed by atoms with Crippen molar-refractivity contribution < 1.29 is 45.9 Å². The van der Waals surface area contributed by atoms with Crippen LogP contribution in [0.25, 0.3) is 0 Å². The van der Waals surface area contributed by atoms with Gasteiger partial charge in [-0.1, -0.05) is 19.3 Å². The molecule has 4 rings (SSSR count). The van der Waals surface area contributed by atoms with Gasteiger partial charge in [-0.3, -0.25) is 14.9 Å². The summed E-state index contributed by atoms with van der Waals surface area (Å²) >= 11 is 0. The predicted molar refractivity (Wildman–Crippen MR) is 134 cm³/mol. The zero-order chi connectivity index (χ0) is 30.1. The first kappa shape index (κ1) is 30.4. The lowest BCUT2D eigenvalue weighted by Crippen LogP contribution is -2.33. The van der Waals surface area contributed by atoms with E-state index >= 15 is 0 Å². The number of ether oxygens (including phenoxy) is 1. The number of nitrogens with zero attached hydrogens (tertiary/aromatic N) is 2. The van der Waals surface area contributed by atoms with Crippen LogP contribution >= 0.6 is 0 Å². The maximum Gasteiger partial charge on any atom is 0.416 e. The van der Waals surface area contributed by atoms with Crippen LogP contribution in [0.2, 0.25) is 0 Å². The van der Waals surface area contributed by atoms with Crippen molar-refractivity contribution >= 4 is 17.8 Å². The van der Waals surface area contributed by atoms with E-state index in [-0.39, 0.29) is 24.2 Å². The highest BCUT2D eigenvalue weighted by atomic mass is 19.4. The van der Waals surface area contributed by atoms with E-state index in [2.05, 4.69) is 10.3 Å². The third-order valence-electron chi connectivity index (χ3n) is 7.72. The molecule has 1 aliphatic carbocycles. The fraction of sp³-hybridized carbons (Fsp3) is 0.519. The van der Waals surface area contributed by atoms with Crippen molar-refractivity contribution in [2.75, 3.05) is 5.32 Å². The van der Waals surface area contributed by atoms with Crippen LogP contribution in [0.5, 0.6) is 0 Å². The summed E-state index contributed by atoms with van der Waals surface area (Å²) < 4.78 is 85.8. The number of carbonyl (C=O) groups is 2. The number of nitrogens with one attached hydrogen (secondary N) is 2. The average molecular weight is 589 g/mol. The van der Waals surface area contributed by atoms with Crippen LogP contribution in [0.4, 0.5) is 37.0 Å². The van der Waals surface area contributed by atoms with Crippen molar-refractivity contribution in [1.29, 1.82) is 0 Å². The van der Waals surface area contributed by atoms with Crippen molar-refractivity contribution in [2.24, 2.45) is 5.92 Å². The average Bonchev–Trinajstić information content (AvgIpc) is 3.21. The molecule has 2 aromatic rings. The summed E-state index contributed by atoms with van der Waals surface area (Å²) in [6.45, 7) is 3.21. The van der Waals surface area contributed by atoms with Crippen LogP contribution in [-0.4, -0.2) is 39.2 Å². The Labute approximate surface area is 232 Å². The van der Waals surface area contributed by atoms with Gasteiger partial charge in [-0.15, -0.1) is 0 Å². The van der Waals surface area contributed by atoms with Crippen LogP contribution in [0.3, 0.4) is 0 Å². The number of aromatic nitrogens is 1. The molecule has 0 bridgehead atoms. The summed E-state index contributed by atoms with van der Waals surface area (Å²) in [4.78, 5) is 30.4. The van der Waals surface area contributed by atoms with Crippen LogP contribution in [0.15, 0.2) is 30.5 Å². The first-order valence-electron chi connectivity index (χ1n) is 13.2. The monoisotopic (exact) mass is 588 g/mol. The molecular weight excluding hydrogens is 558 g/mol. The highest BCUT2D eigenvalue weighted by molar-refractivity contribution is 5.93. The smallest absolute Gasteiger partial charge is 0.416 e. The second-order valence-electron chi connectivity index (χ2n) is 10.5. The Kier molecular flexibility index (Phi) is 8.71. The van der Waals surface area contributed by atoms with Crippen molar-refractivity contribution in [2.45, 2.75) is 83.0 Å². The van der Waals surface area contributed by atoms with Gasteiger partial charge in [0.05, 0.1) is 29.3 Å². The fourth-order valence-electron chi connectivity index (χ4n) is 5.40. The molecule has 0 spiro atoms. The largest absolute Gasteiger partial charge is 0.439 e. The number of cyclic esters (lactones) is 1. The van der Waals surface area contributed by atoms with Crippen molar-refractivity contribution in [3.05, 3.63) is 58.3 Å². The molecule has 0 radical (unpaired) electrons. The second-order valence-corrected chi connectivity index (χ2v) is 10.5. The Morgan fingerprint density at radius 2 is 1.68 bits per heavy atom. The molecule has 1 saturated carbocycles. The summed E-state index contributed by atoms with van der Waals surface area (Å²) in [5.41, 5.74) is -1.65. The molecule has 3 N–H and O–H groups in total. The Morgan fingerprint density at radius 1 is 1.07 bits per heavy atom. The number of anilines is 1. The molecule has 14 heteroatoms. The van der Waals surface area contributed by atoms with Crippen LogP contribution in [-0.2, 0) is 23.6 Å². The summed E-state index contributed by atoms with van der Waals surface area (Å²) in [6.07, 6.45) is -5.89. The van der Waals surface area contributed by atoms with Gasteiger partial charge in [-0.05, 0) is 62.4 Å². The fourth-order valence-corrected chi connectivity index (χ4v) is 5.40. The number of hydroxylamine groups is 1. The van der Waals surface area contributed by atoms with Gasteiger partial charge < -0.3 is 10.1 Å². The van der Waals surface area contributed by atoms with Gasteiger partial charge in [0.2, 0.25) is 0 Å². The third kappa shape index (κ3) is 6.85. The van der Waals surface area contributed by atoms with Gasteiger partial charge in [0.1, 0.15) is 11.9 Å².